The molecule has 2 saturated carbocycles. The normalized spacial score (nSPS) is 29.7. The number of hydrogen-bond acceptors (Lipinski definition) is 2. The quantitative estimate of drug-likeness (QED) is 0.375. The van der Waals surface area contributed by atoms with Gasteiger partial charge in [-0.1, -0.05) is 30.2 Å². The van der Waals surface area contributed by atoms with E-state index >= 15 is 0 Å². The van der Waals surface area contributed by atoms with Crippen LogP contribution in [0.25, 0.3) is 0 Å². The molecule has 1 aromatic rings. The Morgan fingerprint density at radius 2 is 1.62 bits per heavy atom. The van der Waals surface area contributed by atoms with Crippen molar-refractivity contribution in [3.05, 3.63) is 48.0 Å². The van der Waals surface area contributed by atoms with Gasteiger partial charge in [0.2, 0.25) is 0 Å². The van der Waals surface area contributed by atoms with E-state index in [0.717, 1.165) is 11.7 Å². The van der Waals surface area contributed by atoms with Gasteiger partial charge in [-0.3, -0.25) is 0 Å². The van der Waals surface area contributed by atoms with E-state index in [1.54, 1.807) is 5.54 Å². The van der Waals surface area contributed by atoms with Gasteiger partial charge in [-0.15, -0.1) is 6.58 Å². The summed E-state index contributed by atoms with van der Waals surface area (Å²) in [5.74, 6) is 3.82. The highest BCUT2D eigenvalue weighted by Gasteiger charge is 2.25. The van der Waals surface area contributed by atoms with Crippen LogP contribution >= 0.6 is 11.6 Å². The minimum absolute atomic E-state index is 0.532. The monoisotopic (exact) mass is 372 g/mol. The lowest BCUT2D eigenvalue weighted by Crippen LogP contribution is -2.16. The predicted octanol–water partition coefficient (Wildman–Crippen LogP) is 7.13. The fourth-order valence-electron chi connectivity index (χ4n) is 4.78. The highest BCUT2D eigenvalue weighted by Crippen LogP contribution is 2.38. The summed E-state index contributed by atoms with van der Waals surface area (Å²) in [6.45, 7) is 3.83. The lowest BCUT2D eigenvalue weighted by atomic mass is 9.77. The molecule has 2 aliphatic carbocycles. The summed E-state index contributed by atoms with van der Waals surface area (Å²) in [6.07, 6.45) is 22.4. The molecule has 0 atom stereocenters. The molecule has 2 nitrogen and oxygen atoms in total. The minimum atomic E-state index is 0.532. The molecule has 0 unspecified atom stereocenters. The third kappa shape index (κ3) is 5.42. The van der Waals surface area contributed by atoms with Crippen molar-refractivity contribution in [3.63, 3.8) is 0 Å². The number of hydrogen-bond donors (Lipinski definition) is 0. The summed E-state index contributed by atoms with van der Waals surface area (Å²) >= 11 is 5.71. The van der Waals surface area contributed by atoms with Crippen LogP contribution in [0, 0.1) is 11.8 Å². The zero-order valence-corrected chi connectivity index (χ0v) is 16.7. The molecule has 3 heteroatoms. The number of aromatic nitrogens is 2. The molecule has 142 valence electrons. The lowest BCUT2D eigenvalue weighted by molar-refractivity contribution is 0.305. The van der Waals surface area contributed by atoms with E-state index < -0.39 is 0 Å². The molecule has 26 heavy (non-hydrogen) atoms. The summed E-state index contributed by atoms with van der Waals surface area (Å²) in [7, 11) is 0. The fraction of sp³-hybridized carbons (Fsp3) is 0.652. The topological polar surface area (TPSA) is 25.8 Å². The molecule has 0 N–H and O–H groups in total. The summed E-state index contributed by atoms with van der Waals surface area (Å²) in [5.41, 5.74) is 3.03. The van der Waals surface area contributed by atoms with E-state index in [4.69, 9.17) is 21.6 Å². The zero-order chi connectivity index (χ0) is 18.2. The van der Waals surface area contributed by atoms with Gasteiger partial charge in [-0.2, -0.15) is 0 Å². The van der Waals surface area contributed by atoms with Crippen molar-refractivity contribution in [1.82, 2.24) is 9.97 Å². The van der Waals surface area contributed by atoms with Gasteiger partial charge in [0.1, 0.15) is 5.82 Å². The third-order valence-corrected chi connectivity index (χ3v) is 6.66. The van der Waals surface area contributed by atoms with Crippen LogP contribution in [0.15, 0.2) is 36.7 Å². The van der Waals surface area contributed by atoms with Crippen molar-refractivity contribution >= 4 is 11.6 Å². The van der Waals surface area contributed by atoms with Gasteiger partial charge in [0, 0.05) is 23.8 Å². The molecule has 1 aromatic heterocycles. The second kappa shape index (κ2) is 10.3. The number of halogens is 1. The van der Waals surface area contributed by atoms with Crippen LogP contribution < -0.4 is 0 Å². The lowest BCUT2D eigenvalue weighted by Gasteiger charge is -2.29. The van der Waals surface area contributed by atoms with E-state index in [-0.39, 0.29) is 0 Å². The van der Waals surface area contributed by atoms with Crippen molar-refractivity contribution in [2.24, 2.45) is 11.8 Å². The maximum absolute atomic E-state index is 5.71. The fourth-order valence-corrected chi connectivity index (χ4v) is 4.98. The van der Waals surface area contributed by atoms with E-state index in [0.29, 0.717) is 17.8 Å². The van der Waals surface area contributed by atoms with E-state index in [1.807, 2.05) is 6.08 Å². The molecule has 0 spiro atoms. The van der Waals surface area contributed by atoms with E-state index in [9.17, 15) is 0 Å². The summed E-state index contributed by atoms with van der Waals surface area (Å²) < 4.78 is 0. The van der Waals surface area contributed by atoms with Crippen molar-refractivity contribution in [1.29, 1.82) is 0 Å². The van der Waals surface area contributed by atoms with Crippen molar-refractivity contribution in [2.45, 2.75) is 82.5 Å². The van der Waals surface area contributed by atoms with Crippen LogP contribution in [0.5, 0.6) is 0 Å². The molecule has 0 amide bonds. The maximum atomic E-state index is 5.71. The first kappa shape index (κ1) is 19.6. The van der Waals surface area contributed by atoms with Gasteiger partial charge in [0.25, 0.3) is 0 Å². The molecule has 0 aromatic carbocycles. The second-order valence-electron chi connectivity index (χ2n) is 8.24. The van der Waals surface area contributed by atoms with Crippen LogP contribution in [0.4, 0.5) is 0 Å². The average molecular weight is 373 g/mol. The summed E-state index contributed by atoms with van der Waals surface area (Å²) in [4.78, 5) is 9.52. The van der Waals surface area contributed by atoms with Gasteiger partial charge in [-0.25, -0.2) is 9.97 Å². The molecular weight excluding hydrogens is 340 g/mol. The SMILES string of the molecule is C=CCCC[C@H]1CC[C@H](c2cnc([C@H]3CC[C@H](/C=C/Cl)CC3)nc2)CC1. The van der Waals surface area contributed by atoms with Gasteiger partial charge in [0.05, 0.1) is 0 Å². The number of allylic oxidation sites excluding steroid dienone is 2. The Morgan fingerprint density at radius 1 is 0.962 bits per heavy atom. The van der Waals surface area contributed by atoms with Gasteiger partial charge < -0.3 is 0 Å². The first-order chi connectivity index (χ1) is 12.8. The highest BCUT2D eigenvalue weighted by molar-refractivity contribution is 6.25. The third-order valence-electron chi connectivity index (χ3n) is 6.51. The average Bonchev–Trinajstić information content (AvgIpc) is 2.70. The number of rotatable bonds is 7. The molecule has 2 fully saturated rings. The first-order valence-electron chi connectivity index (χ1n) is 10.5. The van der Waals surface area contributed by atoms with Crippen molar-refractivity contribution in [3.8, 4) is 0 Å². The van der Waals surface area contributed by atoms with Crippen LogP contribution in [0.1, 0.15) is 93.9 Å². The molecule has 2 aliphatic rings. The molecule has 0 aliphatic heterocycles. The van der Waals surface area contributed by atoms with Gasteiger partial charge in [0.15, 0.2) is 0 Å². The van der Waals surface area contributed by atoms with Crippen molar-refractivity contribution < 1.29 is 0 Å². The molecular formula is C23H33ClN2. The van der Waals surface area contributed by atoms with Crippen LogP contribution in [0.2, 0.25) is 0 Å². The van der Waals surface area contributed by atoms with E-state index in [1.165, 1.54) is 76.2 Å². The first-order valence-corrected chi connectivity index (χ1v) is 10.9. The largest absolute Gasteiger partial charge is 0.241 e. The summed E-state index contributed by atoms with van der Waals surface area (Å²) in [6, 6.07) is 0. The van der Waals surface area contributed by atoms with Crippen LogP contribution in [0.3, 0.4) is 0 Å². The maximum Gasteiger partial charge on any atom is 0.131 e. The Hall–Kier alpha value is -1.15. The standard InChI is InChI=1S/C23H33ClN2/c1-2-3-4-5-18-6-10-20(11-7-18)22-16-25-23(26-17-22)21-12-8-19(9-13-21)14-15-24/h2,14-21H,1,3-13H2/b15-14+/t18-,19-,20-,21-. The molecule has 0 radical (unpaired) electrons. The Bertz CT molecular complexity index is 564. The molecule has 0 bridgehead atoms. The van der Waals surface area contributed by atoms with E-state index in [2.05, 4.69) is 25.0 Å². The zero-order valence-electron chi connectivity index (χ0n) is 16.0. The van der Waals surface area contributed by atoms with Crippen LogP contribution in [-0.4, -0.2) is 9.97 Å². The Morgan fingerprint density at radius 3 is 2.23 bits per heavy atom. The van der Waals surface area contributed by atoms with Crippen LogP contribution in [-0.2, 0) is 0 Å². The minimum Gasteiger partial charge on any atom is -0.241 e. The van der Waals surface area contributed by atoms with Gasteiger partial charge in [-0.05, 0) is 87.5 Å². The Labute approximate surface area is 164 Å². The molecule has 3 rings (SSSR count). The summed E-state index contributed by atoms with van der Waals surface area (Å²) in [5, 5.41) is 0. The van der Waals surface area contributed by atoms with Crippen molar-refractivity contribution in [2.75, 3.05) is 0 Å². The Balaban J connectivity index is 1.47. The second-order valence-corrected chi connectivity index (χ2v) is 8.49. The highest BCUT2D eigenvalue weighted by atomic mass is 35.5. The Kier molecular flexibility index (Phi) is 7.73. The van der Waals surface area contributed by atoms with Gasteiger partial charge >= 0.3 is 0 Å². The number of unbranched alkanes of at least 4 members (excludes halogenated alkanes) is 1. The predicted molar refractivity (Wildman–Crippen MR) is 110 cm³/mol. The molecule has 0 saturated heterocycles. The smallest absolute Gasteiger partial charge is 0.131 e. The number of nitrogens with zero attached hydrogens (tertiary/aromatic N) is 2. The molecule has 1 heterocycles.